The molecule has 1 rings (SSSR count). The van der Waals surface area contributed by atoms with Gasteiger partial charge in [0.05, 0.1) is 14.2 Å². The van der Waals surface area contributed by atoms with E-state index >= 15 is 0 Å². The van der Waals surface area contributed by atoms with Gasteiger partial charge in [-0.05, 0) is 30.7 Å². The number of nitrogens with two attached hydrogens (primary N) is 2. The van der Waals surface area contributed by atoms with Gasteiger partial charge < -0.3 is 20.9 Å². The van der Waals surface area contributed by atoms with Crippen LogP contribution in [-0.4, -0.2) is 20.8 Å². The van der Waals surface area contributed by atoms with Crippen molar-refractivity contribution in [3.8, 4) is 11.5 Å². The number of halogens is 2. The molecule has 1 aromatic carbocycles. The van der Waals surface area contributed by atoms with Crippen LogP contribution in [0.15, 0.2) is 16.6 Å². The second-order valence-corrected chi connectivity index (χ2v) is 4.27. The van der Waals surface area contributed by atoms with E-state index in [0.29, 0.717) is 18.0 Å². The van der Waals surface area contributed by atoms with Crippen LogP contribution >= 0.6 is 28.3 Å². The Labute approximate surface area is 116 Å². The Kier molecular flexibility index (Phi) is 7.54. The smallest absolute Gasteiger partial charge is 0.161 e. The molecule has 0 heterocycles. The molecule has 0 unspecified atom stereocenters. The summed E-state index contributed by atoms with van der Waals surface area (Å²) in [4.78, 5) is 0. The fourth-order valence-electron chi connectivity index (χ4n) is 1.49. The monoisotopic (exact) mass is 324 g/mol. The highest BCUT2D eigenvalue weighted by molar-refractivity contribution is 9.10. The number of rotatable bonds is 5. The number of benzene rings is 1. The Bertz CT molecular complexity index is 364. The summed E-state index contributed by atoms with van der Waals surface area (Å²) in [5.41, 5.74) is 12.5. The maximum Gasteiger partial charge on any atom is 0.161 e. The maximum atomic E-state index is 6.02. The van der Waals surface area contributed by atoms with Crippen LogP contribution in [0.1, 0.15) is 18.0 Å². The van der Waals surface area contributed by atoms with Gasteiger partial charge in [0, 0.05) is 10.5 Å². The molecule has 0 aromatic heterocycles. The summed E-state index contributed by atoms with van der Waals surface area (Å²) < 4.78 is 11.3. The molecule has 0 radical (unpaired) electrons. The molecule has 98 valence electrons. The highest BCUT2D eigenvalue weighted by Gasteiger charge is 2.14. The maximum absolute atomic E-state index is 6.02. The van der Waals surface area contributed by atoms with Gasteiger partial charge >= 0.3 is 0 Å². The molecule has 0 bridgehead atoms. The zero-order valence-corrected chi connectivity index (χ0v) is 12.3. The summed E-state index contributed by atoms with van der Waals surface area (Å²) in [7, 11) is 3.20. The van der Waals surface area contributed by atoms with Crippen molar-refractivity contribution in [2.24, 2.45) is 11.5 Å². The minimum atomic E-state index is -0.0980. The largest absolute Gasteiger partial charge is 0.493 e. The highest BCUT2D eigenvalue weighted by atomic mass is 79.9. The van der Waals surface area contributed by atoms with E-state index in [1.807, 2.05) is 12.1 Å². The van der Waals surface area contributed by atoms with E-state index in [0.717, 1.165) is 16.5 Å². The van der Waals surface area contributed by atoms with Crippen molar-refractivity contribution < 1.29 is 9.47 Å². The molecule has 1 aromatic rings. The molecule has 0 amide bonds. The zero-order valence-electron chi connectivity index (χ0n) is 9.90. The van der Waals surface area contributed by atoms with E-state index in [-0.39, 0.29) is 18.4 Å². The van der Waals surface area contributed by atoms with Crippen molar-refractivity contribution in [1.82, 2.24) is 0 Å². The lowest BCUT2D eigenvalue weighted by molar-refractivity contribution is 0.354. The summed E-state index contributed by atoms with van der Waals surface area (Å²) in [5.74, 6) is 1.35. The van der Waals surface area contributed by atoms with Crippen LogP contribution in [0, 0.1) is 0 Å². The fraction of sp³-hybridized carbons (Fsp3) is 0.455. The number of hydrogen-bond donors (Lipinski definition) is 2. The van der Waals surface area contributed by atoms with Crippen molar-refractivity contribution >= 4 is 28.3 Å². The molecule has 0 aliphatic heterocycles. The first-order chi connectivity index (χ1) is 7.63. The van der Waals surface area contributed by atoms with Gasteiger partial charge in [-0.15, -0.1) is 12.4 Å². The Hall–Kier alpha value is -0.490. The van der Waals surface area contributed by atoms with Gasteiger partial charge in [0.25, 0.3) is 0 Å². The van der Waals surface area contributed by atoms with Crippen LogP contribution in [0.25, 0.3) is 0 Å². The van der Waals surface area contributed by atoms with Crippen molar-refractivity contribution in [2.45, 2.75) is 12.5 Å². The lowest BCUT2D eigenvalue weighted by Gasteiger charge is -2.16. The minimum Gasteiger partial charge on any atom is -0.493 e. The summed E-state index contributed by atoms with van der Waals surface area (Å²) in [6, 6.07) is 3.63. The predicted molar refractivity (Wildman–Crippen MR) is 75.1 cm³/mol. The van der Waals surface area contributed by atoms with Gasteiger partial charge in [0.2, 0.25) is 0 Å². The SMILES string of the molecule is COc1cc(Br)c([C@@H](N)CCN)cc1OC.Cl. The Morgan fingerprint density at radius 3 is 2.24 bits per heavy atom. The Morgan fingerprint density at radius 2 is 1.76 bits per heavy atom. The standard InChI is InChI=1S/C11H17BrN2O2.ClH/c1-15-10-5-7(9(14)3-4-13)8(12)6-11(10)16-2;/h5-6,9H,3-4,13-14H2,1-2H3;1H/t9-;/m0./s1. The summed E-state index contributed by atoms with van der Waals surface area (Å²) in [6.07, 6.45) is 0.730. The molecule has 6 heteroatoms. The van der Waals surface area contributed by atoms with E-state index in [4.69, 9.17) is 20.9 Å². The van der Waals surface area contributed by atoms with Crippen LogP contribution in [0.5, 0.6) is 11.5 Å². The van der Waals surface area contributed by atoms with Crippen LogP contribution in [0.4, 0.5) is 0 Å². The molecule has 1 atom stereocenters. The van der Waals surface area contributed by atoms with Crippen molar-refractivity contribution in [2.75, 3.05) is 20.8 Å². The van der Waals surface area contributed by atoms with E-state index in [9.17, 15) is 0 Å². The van der Waals surface area contributed by atoms with Crippen LogP contribution in [0.2, 0.25) is 0 Å². The van der Waals surface area contributed by atoms with Crippen LogP contribution < -0.4 is 20.9 Å². The van der Waals surface area contributed by atoms with E-state index in [2.05, 4.69) is 15.9 Å². The normalized spacial score (nSPS) is 11.6. The fourth-order valence-corrected chi connectivity index (χ4v) is 2.11. The Morgan fingerprint density at radius 1 is 1.24 bits per heavy atom. The third kappa shape index (κ3) is 4.03. The first kappa shape index (κ1) is 16.5. The summed E-state index contributed by atoms with van der Waals surface area (Å²) in [5, 5.41) is 0. The van der Waals surface area contributed by atoms with Gasteiger partial charge in [-0.2, -0.15) is 0 Å². The molecule has 0 fully saturated rings. The highest BCUT2D eigenvalue weighted by Crippen LogP contribution is 2.35. The van der Waals surface area contributed by atoms with Crippen LogP contribution in [0.3, 0.4) is 0 Å². The van der Waals surface area contributed by atoms with Gasteiger partial charge in [0.15, 0.2) is 11.5 Å². The number of methoxy groups -OCH3 is 2. The Balaban J connectivity index is 0.00000256. The average Bonchev–Trinajstić information content (AvgIpc) is 2.28. The number of ether oxygens (including phenoxy) is 2. The zero-order chi connectivity index (χ0) is 12.1. The lowest BCUT2D eigenvalue weighted by atomic mass is 10.0. The molecule has 0 aliphatic rings. The number of hydrogen-bond acceptors (Lipinski definition) is 4. The second-order valence-electron chi connectivity index (χ2n) is 3.41. The van der Waals surface area contributed by atoms with Gasteiger partial charge in [-0.3, -0.25) is 0 Å². The first-order valence-electron chi connectivity index (χ1n) is 5.01. The molecular weight excluding hydrogens is 307 g/mol. The van der Waals surface area contributed by atoms with E-state index < -0.39 is 0 Å². The van der Waals surface area contributed by atoms with Crippen molar-refractivity contribution in [3.05, 3.63) is 22.2 Å². The second kappa shape index (κ2) is 7.76. The average molecular weight is 326 g/mol. The summed E-state index contributed by atoms with van der Waals surface area (Å²) in [6.45, 7) is 0.557. The van der Waals surface area contributed by atoms with E-state index in [1.54, 1.807) is 14.2 Å². The molecule has 0 saturated carbocycles. The van der Waals surface area contributed by atoms with E-state index in [1.165, 1.54) is 0 Å². The van der Waals surface area contributed by atoms with Crippen molar-refractivity contribution in [1.29, 1.82) is 0 Å². The summed E-state index contributed by atoms with van der Waals surface area (Å²) >= 11 is 3.47. The molecule has 4 N–H and O–H groups in total. The first-order valence-corrected chi connectivity index (χ1v) is 5.80. The molecule has 0 saturated heterocycles. The van der Waals surface area contributed by atoms with Crippen molar-refractivity contribution in [3.63, 3.8) is 0 Å². The third-order valence-electron chi connectivity index (χ3n) is 2.38. The third-order valence-corrected chi connectivity index (χ3v) is 3.07. The minimum absolute atomic E-state index is 0. The van der Waals surface area contributed by atoms with Gasteiger partial charge in [-0.1, -0.05) is 15.9 Å². The molecule has 0 spiro atoms. The van der Waals surface area contributed by atoms with Gasteiger partial charge in [-0.25, -0.2) is 0 Å². The molecular formula is C11H18BrClN2O2. The topological polar surface area (TPSA) is 70.5 Å². The molecule has 0 aliphatic carbocycles. The van der Waals surface area contributed by atoms with Crippen LogP contribution in [-0.2, 0) is 0 Å². The molecule has 4 nitrogen and oxygen atoms in total. The molecule has 17 heavy (non-hydrogen) atoms. The predicted octanol–water partition coefficient (Wildman–Crippen LogP) is 2.24. The van der Waals surface area contributed by atoms with Gasteiger partial charge in [0.1, 0.15) is 0 Å². The quantitative estimate of drug-likeness (QED) is 0.871. The lowest BCUT2D eigenvalue weighted by Crippen LogP contribution is -2.16.